The van der Waals surface area contributed by atoms with E-state index in [0.29, 0.717) is 0 Å². The van der Waals surface area contributed by atoms with Crippen LogP contribution in [-0.2, 0) is 4.74 Å². The molecule has 0 spiro atoms. The van der Waals surface area contributed by atoms with E-state index < -0.39 is 35.1 Å². The van der Waals surface area contributed by atoms with Gasteiger partial charge in [-0.1, -0.05) is 0 Å². The predicted octanol–water partition coefficient (Wildman–Crippen LogP) is 1.88. The van der Waals surface area contributed by atoms with Crippen molar-refractivity contribution in [3.8, 4) is 0 Å². The van der Waals surface area contributed by atoms with Crippen molar-refractivity contribution in [3.05, 3.63) is 34.9 Å². The highest BCUT2D eigenvalue weighted by atomic mass is 19.2. The van der Waals surface area contributed by atoms with Crippen LogP contribution in [0.2, 0.25) is 0 Å². The van der Waals surface area contributed by atoms with Gasteiger partial charge in [-0.15, -0.1) is 0 Å². The second-order valence-corrected chi connectivity index (χ2v) is 2.47. The number of aliphatic hydroxyl groups excluding tert-OH is 1. The molecule has 0 aromatic heterocycles. The van der Waals surface area contributed by atoms with E-state index in [4.69, 9.17) is 5.11 Å². The van der Waals surface area contributed by atoms with E-state index in [-0.39, 0.29) is 6.07 Å². The summed E-state index contributed by atoms with van der Waals surface area (Å²) in [4.78, 5) is 0. The lowest BCUT2D eigenvalue weighted by Gasteiger charge is -2.11. The van der Waals surface area contributed by atoms with Gasteiger partial charge in [0.05, 0.1) is 5.56 Å². The quantitative estimate of drug-likeness (QED) is 0.458. The Hall–Kier alpha value is -1.14. The lowest BCUT2D eigenvalue weighted by atomic mass is 10.1. The lowest BCUT2D eigenvalue weighted by Crippen LogP contribution is -2.09. The van der Waals surface area contributed by atoms with Gasteiger partial charge >= 0.3 is 0 Å². The van der Waals surface area contributed by atoms with E-state index in [1.165, 1.54) is 0 Å². The summed E-state index contributed by atoms with van der Waals surface area (Å²) < 4.78 is 55.0. The highest BCUT2D eigenvalue weighted by Crippen LogP contribution is 2.25. The fourth-order valence-corrected chi connectivity index (χ4v) is 0.926. The summed E-state index contributed by atoms with van der Waals surface area (Å²) in [5.74, 6) is -6.51. The van der Waals surface area contributed by atoms with Gasteiger partial charge in [0.1, 0.15) is 0 Å². The minimum absolute atomic E-state index is 0.0521. The summed E-state index contributed by atoms with van der Waals surface area (Å²) in [7, 11) is 0.937. The van der Waals surface area contributed by atoms with Crippen LogP contribution < -0.4 is 0 Å². The zero-order chi connectivity index (χ0) is 10.9. The standard InChI is InChI=1S/C8H6F4O2/c1-14-8(13)5-6(11)3(9)2-4(10)7(5)12/h2,8,13H,1H3. The summed E-state index contributed by atoms with van der Waals surface area (Å²) in [6, 6.07) is 0.0521. The van der Waals surface area contributed by atoms with E-state index >= 15 is 0 Å². The van der Waals surface area contributed by atoms with Gasteiger partial charge in [0, 0.05) is 13.2 Å². The first kappa shape index (κ1) is 10.9. The Morgan fingerprint density at radius 1 is 1.14 bits per heavy atom. The molecule has 0 saturated carbocycles. The van der Waals surface area contributed by atoms with Gasteiger partial charge in [0.25, 0.3) is 0 Å². The Morgan fingerprint density at radius 3 is 1.93 bits per heavy atom. The number of methoxy groups -OCH3 is 1. The maximum atomic E-state index is 12.9. The minimum Gasteiger partial charge on any atom is -0.364 e. The summed E-state index contributed by atoms with van der Waals surface area (Å²) >= 11 is 0. The predicted molar refractivity (Wildman–Crippen MR) is 38.2 cm³/mol. The van der Waals surface area contributed by atoms with Crippen molar-refractivity contribution in [1.29, 1.82) is 0 Å². The van der Waals surface area contributed by atoms with Crippen LogP contribution >= 0.6 is 0 Å². The molecule has 0 fully saturated rings. The van der Waals surface area contributed by atoms with Crippen LogP contribution in [0.3, 0.4) is 0 Å². The first-order valence-electron chi connectivity index (χ1n) is 3.52. The van der Waals surface area contributed by atoms with Crippen LogP contribution in [0.25, 0.3) is 0 Å². The molecular formula is C8H6F4O2. The molecule has 0 heterocycles. The average molecular weight is 210 g/mol. The third kappa shape index (κ3) is 1.71. The van der Waals surface area contributed by atoms with Gasteiger partial charge in [-0.05, 0) is 0 Å². The molecule has 1 unspecified atom stereocenters. The van der Waals surface area contributed by atoms with Gasteiger partial charge < -0.3 is 9.84 Å². The zero-order valence-corrected chi connectivity index (χ0v) is 7.02. The van der Waals surface area contributed by atoms with Crippen LogP contribution in [0, 0.1) is 23.3 Å². The number of halogens is 4. The maximum Gasteiger partial charge on any atom is 0.186 e. The molecule has 78 valence electrons. The van der Waals surface area contributed by atoms with Crippen LogP contribution in [0.4, 0.5) is 17.6 Å². The fourth-order valence-electron chi connectivity index (χ4n) is 0.926. The molecule has 14 heavy (non-hydrogen) atoms. The van der Waals surface area contributed by atoms with Gasteiger partial charge in [0.2, 0.25) is 0 Å². The molecule has 0 saturated heterocycles. The van der Waals surface area contributed by atoms with Crippen molar-refractivity contribution in [1.82, 2.24) is 0 Å². The smallest absolute Gasteiger partial charge is 0.186 e. The summed E-state index contributed by atoms with van der Waals surface area (Å²) in [5.41, 5.74) is -1.18. The number of rotatable bonds is 2. The van der Waals surface area contributed by atoms with E-state index in [2.05, 4.69) is 4.74 Å². The Labute approximate surface area is 76.7 Å². The fraction of sp³-hybridized carbons (Fsp3) is 0.250. The summed E-state index contributed by atoms with van der Waals surface area (Å²) in [6.45, 7) is 0. The largest absolute Gasteiger partial charge is 0.364 e. The average Bonchev–Trinajstić information content (AvgIpc) is 2.15. The summed E-state index contributed by atoms with van der Waals surface area (Å²) in [6.07, 6.45) is -2.04. The van der Waals surface area contributed by atoms with Crippen LogP contribution in [0.5, 0.6) is 0 Å². The van der Waals surface area contributed by atoms with Crippen molar-refractivity contribution in [3.63, 3.8) is 0 Å². The Morgan fingerprint density at radius 2 is 1.57 bits per heavy atom. The van der Waals surface area contributed by atoms with E-state index in [9.17, 15) is 17.6 Å². The molecule has 2 nitrogen and oxygen atoms in total. The van der Waals surface area contributed by atoms with Crippen molar-refractivity contribution in [2.24, 2.45) is 0 Å². The minimum atomic E-state index is -2.04. The molecule has 1 N–H and O–H groups in total. The maximum absolute atomic E-state index is 12.9. The first-order chi connectivity index (χ1) is 6.49. The molecular weight excluding hydrogens is 204 g/mol. The van der Waals surface area contributed by atoms with Gasteiger partial charge in [-0.25, -0.2) is 17.6 Å². The van der Waals surface area contributed by atoms with Crippen molar-refractivity contribution in [2.75, 3.05) is 7.11 Å². The topological polar surface area (TPSA) is 29.5 Å². The Kier molecular flexibility index (Phi) is 3.07. The lowest BCUT2D eigenvalue weighted by molar-refractivity contribution is -0.0819. The third-order valence-electron chi connectivity index (χ3n) is 1.62. The molecule has 1 rings (SSSR count). The first-order valence-corrected chi connectivity index (χ1v) is 3.52. The highest BCUT2D eigenvalue weighted by molar-refractivity contribution is 5.23. The van der Waals surface area contributed by atoms with Crippen molar-refractivity contribution in [2.45, 2.75) is 6.29 Å². The molecule has 0 radical (unpaired) electrons. The van der Waals surface area contributed by atoms with Crippen molar-refractivity contribution < 1.29 is 27.4 Å². The molecule has 0 aliphatic rings. The molecule has 1 atom stereocenters. The normalized spacial score (nSPS) is 13.0. The van der Waals surface area contributed by atoms with Gasteiger partial charge in [-0.3, -0.25) is 0 Å². The Bertz CT molecular complexity index is 327. The van der Waals surface area contributed by atoms with E-state index in [1.54, 1.807) is 0 Å². The van der Waals surface area contributed by atoms with E-state index in [0.717, 1.165) is 7.11 Å². The Balaban J connectivity index is 3.39. The number of benzene rings is 1. The highest BCUT2D eigenvalue weighted by Gasteiger charge is 2.24. The molecule has 0 aliphatic heterocycles. The molecule has 1 aromatic carbocycles. The molecule has 1 aromatic rings. The second-order valence-electron chi connectivity index (χ2n) is 2.47. The SMILES string of the molecule is COC(O)c1c(F)c(F)cc(F)c1F. The molecule has 6 heteroatoms. The number of ether oxygens (including phenoxy) is 1. The molecule has 0 aliphatic carbocycles. The zero-order valence-electron chi connectivity index (χ0n) is 7.02. The van der Waals surface area contributed by atoms with Crippen LogP contribution in [-0.4, -0.2) is 12.2 Å². The monoisotopic (exact) mass is 210 g/mol. The van der Waals surface area contributed by atoms with E-state index in [1.807, 2.05) is 0 Å². The van der Waals surface area contributed by atoms with Gasteiger partial charge in [0.15, 0.2) is 29.6 Å². The van der Waals surface area contributed by atoms with Crippen LogP contribution in [0.1, 0.15) is 11.9 Å². The third-order valence-corrected chi connectivity index (χ3v) is 1.62. The second kappa shape index (κ2) is 3.93. The van der Waals surface area contributed by atoms with Crippen LogP contribution in [0.15, 0.2) is 6.07 Å². The van der Waals surface area contributed by atoms with Crippen molar-refractivity contribution >= 4 is 0 Å². The number of hydrogen-bond acceptors (Lipinski definition) is 2. The number of aliphatic hydroxyl groups is 1. The number of hydrogen-bond donors (Lipinski definition) is 1. The molecule has 0 bridgehead atoms. The van der Waals surface area contributed by atoms with Gasteiger partial charge in [-0.2, -0.15) is 0 Å². The molecule has 0 amide bonds. The summed E-state index contributed by atoms with van der Waals surface area (Å²) in [5, 5.41) is 8.90.